The summed E-state index contributed by atoms with van der Waals surface area (Å²) >= 11 is 0. The normalized spacial score (nSPS) is 19.3. The van der Waals surface area contributed by atoms with Crippen molar-refractivity contribution in [2.75, 3.05) is 28.4 Å². The largest absolute Gasteiger partial charge is 0.493 e. The average Bonchev–Trinajstić information content (AvgIpc) is 2.60. The molecule has 2 aromatic rings. The zero-order valence-corrected chi connectivity index (χ0v) is 14.7. The summed E-state index contributed by atoms with van der Waals surface area (Å²) in [4.78, 5) is 0. The molecule has 2 unspecified atom stereocenters. The highest BCUT2D eigenvalue weighted by Gasteiger charge is 2.34. The van der Waals surface area contributed by atoms with E-state index in [-0.39, 0.29) is 0 Å². The monoisotopic (exact) mass is 328 g/mol. The molecule has 1 aliphatic rings. The Morgan fingerprint density at radius 3 is 1.25 bits per heavy atom. The smallest absolute Gasteiger partial charge is 0.160 e. The highest BCUT2D eigenvalue weighted by molar-refractivity contribution is 5.48. The molecule has 0 spiro atoms. The van der Waals surface area contributed by atoms with E-state index in [1.807, 2.05) is 12.1 Å². The van der Waals surface area contributed by atoms with Crippen molar-refractivity contribution in [3.63, 3.8) is 0 Å². The van der Waals surface area contributed by atoms with Gasteiger partial charge in [-0.25, -0.2) is 0 Å². The number of hydrogen-bond donors (Lipinski definition) is 0. The molecule has 3 rings (SSSR count). The van der Waals surface area contributed by atoms with Gasteiger partial charge < -0.3 is 18.9 Å². The number of ether oxygens (including phenoxy) is 4. The second-order valence-electron chi connectivity index (χ2n) is 6.02. The average molecular weight is 328 g/mol. The molecule has 1 fully saturated rings. The molecule has 0 radical (unpaired) electrons. The predicted octanol–water partition coefficient (Wildman–Crippen LogP) is 4.38. The first-order valence-electron chi connectivity index (χ1n) is 8.15. The van der Waals surface area contributed by atoms with Crippen LogP contribution in [0.2, 0.25) is 0 Å². The molecule has 1 saturated carbocycles. The van der Waals surface area contributed by atoms with E-state index in [4.69, 9.17) is 18.9 Å². The second kappa shape index (κ2) is 7.04. The van der Waals surface area contributed by atoms with Crippen molar-refractivity contribution in [3.8, 4) is 23.0 Å². The van der Waals surface area contributed by atoms with Crippen LogP contribution in [0.3, 0.4) is 0 Å². The summed E-state index contributed by atoms with van der Waals surface area (Å²) in [6, 6.07) is 12.4. The van der Waals surface area contributed by atoms with Crippen LogP contribution in [0.5, 0.6) is 23.0 Å². The third-order valence-corrected chi connectivity index (χ3v) is 4.95. The topological polar surface area (TPSA) is 36.9 Å². The van der Waals surface area contributed by atoms with Gasteiger partial charge in [0.2, 0.25) is 0 Å². The molecule has 4 heteroatoms. The molecule has 4 nitrogen and oxygen atoms in total. The first-order valence-corrected chi connectivity index (χ1v) is 8.15. The van der Waals surface area contributed by atoms with E-state index in [1.165, 1.54) is 24.0 Å². The van der Waals surface area contributed by atoms with E-state index in [2.05, 4.69) is 24.3 Å². The Morgan fingerprint density at radius 1 is 0.583 bits per heavy atom. The van der Waals surface area contributed by atoms with Crippen LogP contribution in [0.1, 0.15) is 35.8 Å². The lowest BCUT2D eigenvalue weighted by molar-refractivity contribution is 0.331. The van der Waals surface area contributed by atoms with Gasteiger partial charge in [0, 0.05) is 0 Å². The summed E-state index contributed by atoms with van der Waals surface area (Å²) in [5, 5.41) is 0. The molecule has 2 atom stereocenters. The first kappa shape index (κ1) is 16.5. The predicted molar refractivity (Wildman–Crippen MR) is 93.8 cm³/mol. The van der Waals surface area contributed by atoms with Crippen molar-refractivity contribution in [2.24, 2.45) is 0 Å². The molecule has 0 aliphatic heterocycles. The molecule has 0 saturated heterocycles. The fourth-order valence-electron chi connectivity index (χ4n) is 3.46. The zero-order chi connectivity index (χ0) is 17.1. The minimum Gasteiger partial charge on any atom is -0.493 e. The van der Waals surface area contributed by atoms with Crippen LogP contribution in [0.25, 0.3) is 0 Å². The quantitative estimate of drug-likeness (QED) is 0.788. The molecular weight excluding hydrogens is 304 g/mol. The van der Waals surface area contributed by atoms with Crippen LogP contribution in [-0.4, -0.2) is 28.4 Å². The maximum atomic E-state index is 5.44. The number of hydrogen-bond acceptors (Lipinski definition) is 4. The summed E-state index contributed by atoms with van der Waals surface area (Å²) in [7, 11) is 6.67. The van der Waals surface area contributed by atoms with Gasteiger partial charge in [-0.15, -0.1) is 0 Å². The van der Waals surface area contributed by atoms with Crippen LogP contribution in [0.15, 0.2) is 36.4 Å². The second-order valence-corrected chi connectivity index (χ2v) is 6.02. The Balaban J connectivity index is 1.87. The standard InChI is InChI=1S/C20H24O4/c1-21-17-9-5-13(11-19(17)23-3)15-7-8-16(15)14-6-10-18(22-2)20(12-14)24-4/h5-6,9-12,15-16H,7-8H2,1-4H3. The van der Waals surface area contributed by atoms with Crippen LogP contribution in [-0.2, 0) is 0 Å². The lowest BCUT2D eigenvalue weighted by atomic mass is 9.67. The number of methoxy groups -OCH3 is 4. The van der Waals surface area contributed by atoms with Crippen molar-refractivity contribution < 1.29 is 18.9 Å². The summed E-state index contributed by atoms with van der Waals surface area (Å²) in [6.45, 7) is 0. The Morgan fingerprint density at radius 2 is 0.958 bits per heavy atom. The van der Waals surface area contributed by atoms with Gasteiger partial charge in [0.1, 0.15) is 0 Å². The van der Waals surface area contributed by atoms with Crippen LogP contribution in [0, 0.1) is 0 Å². The molecule has 2 aromatic carbocycles. The molecule has 0 amide bonds. The SMILES string of the molecule is COc1ccc(C2CCC2c2ccc(OC)c(OC)c2)cc1OC. The lowest BCUT2D eigenvalue weighted by Crippen LogP contribution is -2.22. The fraction of sp³-hybridized carbons (Fsp3) is 0.400. The Bertz CT molecular complexity index is 649. The summed E-state index contributed by atoms with van der Waals surface area (Å²) in [5.74, 6) is 4.08. The van der Waals surface area contributed by atoms with Crippen LogP contribution in [0.4, 0.5) is 0 Å². The maximum absolute atomic E-state index is 5.44. The van der Waals surface area contributed by atoms with E-state index in [9.17, 15) is 0 Å². The van der Waals surface area contributed by atoms with Gasteiger partial charge in [-0.05, 0) is 60.1 Å². The van der Waals surface area contributed by atoms with E-state index < -0.39 is 0 Å². The van der Waals surface area contributed by atoms with Crippen LogP contribution < -0.4 is 18.9 Å². The fourth-order valence-corrected chi connectivity index (χ4v) is 3.46. The van der Waals surface area contributed by atoms with E-state index in [1.54, 1.807) is 28.4 Å². The van der Waals surface area contributed by atoms with Gasteiger partial charge in [0.05, 0.1) is 28.4 Å². The molecule has 0 bridgehead atoms. The van der Waals surface area contributed by atoms with Gasteiger partial charge in [-0.2, -0.15) is 0 Å². The van der Waals surface area contributed by atoms with E-state index >= 15 is 0 Å². The minimum absolute atomic E-state index is 0.489. The van der Waals surface area contributed by atoms with Gasteiger partial charge in [-0.1, -0.05) is 12.1 Å². The highest BCUT2D eigenvalue weighted by atomic mass is 16.5. The molecule has 0 heterocycles. The zero-order valence-electron chi connectivity index (χ0n) is 14.7. The van der Waals surface area contributed by atoms with Gasteiger partial charge in [0.15, 0.2) is 23.0 Å². The Labute approximate surface area is 143 Å². The molecule has 1 aliphatic carbocycles. The summed E-state index contributed by atoms with van der Waals surface area (Å²) in [5.41, 5.74) is 2.58. The van der Waals surface area contributed by atoms with E-state index in [0.717, 1.165) is 23.0 Å². The number of rotatable bonds is 6. The van der Waals surface area contributed by atoms with Crippen molar-refractivity contribution in [1.82, 2.24) is 0 Å². The lowest BCUT2D eigenvalue weighted by Gasteiger charge is -2.38. The van der Waals surface area contributed by atoms with Crippen molar-refractivity contribution in [1.29, 1.82) is 0 Å². The highest BCUT2D eigenvalue weighted by Crippen LogP contribution is 2.51. The van der Waals surface area contributed by atoms with Gasteiger partial charge in [0.25, 0.3) is 0 Å². The third kappa shape index (κ3) is 2.88. The van der Waals surface area contributed by atoms with Gasteiger partial charge >= 0.3 is 0 Å². The van der Waals surface area contributed by atoms with Crippen molar-refractivity contribution in [2.45, 2.75) is 24.7 Å². The first-order chi connectivity index (χ1) is 11.7. The Kier molecular flexibility index (Phi) is 4.84. The Hall–Kier alpha value is -2.36. The van der Waals surface area contributed by atoms with Gasteiger partial charge in [-0.3, -0.25) is 0 Å². The third-order valence-electron chi connectivity index (χ3n) is 4.95. The number of benzene rings is 2. The molecule has 0 N–H and O–H groups in total. The maximum Gasteiger partial charge on any atom is 0.160 e. The molecular formula is C20H24O4. The summed E-state index contributed by atoms with van der Waals surface area (Å²) < 4.78 is 21.6. The molecule has 24 heavy (non-hydrogen) atoms. The molecule has 0 aromatic heterocycles. The minimum atomic E-state index is 0.489. The van der Waals surface area contributed by atoms with Crippen molar-refractivity contribution in [3.05, 3.63) is 47.5 Å². The summed E-state index contributed by atoms with van der Waals surface area (Å²) in [6.07, 6.45) is 2.35. The van der Waals surface area contributed by atoms with E-state index in [0.29, 0.717) is 11.8 Å². The molecule has 128 valence electrons. The van der Waals surface area contributed by atoms with Crippen molar-refractivity contribution >= 4 is 0 Å². The van der Waals surface area contributed by atoms with Crippen LogP contribution >= 0.6 is 0 Å².